The first-order chi connectivity index (χ1) is 7.94. The summed E-state index contributed by atoms with van der Waals surface area (Å²) in [6.45, 7) is 1.96. The lowest BCUT2D eigenvalue weighted by molar-refractivity contribution is 0.494. The average Bonchev–Trinajstić information content (AvgIpc) is 2.24. The number of nitrogens with one attached hydrogen (secondary N) is 1. The Morgan fingerprint density at radius 2 is 2.24 bits per heavy atom. The molecule has 0 fully saturated rings. The van der Waals surface area contributed by atoms with Crippen LogP contribution in [0.25, 0.3) is 0 Å². The van der Waals surface area contributed by atoms with Crippen molar-refractivity contribution in [1.29, 1.82) is 0 Å². The van der Waals surface area contributed by atoms with Gasteiger partial charge in [0.2, 0.25) is 0 Å². The molecule has 0 radical (unpaired) electrons. The van der Waals surface area contributed by atoms with E-state index in [0.29, 0.717) is 12.8 Å². The number of aryl methyl sites for hydroxylation is 1. The van der Waals surface area contributed by atoms with Gasteiger partial charge in [-0.1, -0.05) is 6.07 Å². The van der Waals surface area contributed by atoms with Crippen molar-refractivity contribution < 1.29 is 8.42 Å². The first-order valence-electron chi connectivity index (χ1n) is 5.49. The van der Waals surface area contributed by atoms with Gasteiger partial charge in [-0.15, -0.1) is 0 Å². The monoisotopic (exact) mass is 257 g/mol. The van der Waals surface area contributed by atoms with Crippen LogP contribution in [0.4, 0.5) is 0 Å². The highest BCUT2D eigenvalue weighted by molar-refractivity contribution is 7.90. The van der Waals surface area contributed by atoms with Crippen molar-refractivity contribution in [2.45, 2.75) is 25.8 Å². The molecule has 5 nitrogen and oxygen atoms in total. The van der Waals surface area contributed by atoms with Crippen molar-refractivity contribution in [3.05, 3.63) is 29.6 Å². The van der Waals surface area contributed by atoms with Gasteiger partial charge in [0.15, 0.2) is 0 Å². The molecule has 1 aromatic rings. The molecule has 0 aromatic carbocycles. The molecule has 6 heteroatoms. The summed E-state index contributed by atoms with van der Waals surface area (Å²) in [5, 5.41) is 0. The summed E-state index contributed by atoms with van der Waals surface area (Å²) < 4.78 is 22.1. The molecule has 1 aromatic heterocycles. The third kappa shape index (κ3) is 4.80. The minimum absolute atomic E-state index is 0.0991. The molecule has 17 heavy (non-hydrogen) atoms. The number of nitrogens with two attached hydrogens (primary N) is 1. The molecule has 0 aliphatic heterocycles. The normalized spacial score (nSPS) is 13.6. The highest BCUT2D eigenvalue weighted by Gasteiger charge is 2.14. The zero-order valence-electron chi connectivity index (χ0n) is 10.2. The van der Waals surface area contributed by atoms with Crippen LogP contribution in [0.5, 0.6) is 0 Å². The zero-order chi connectivity index (χ0) is 12.9. The van der Waals surface area contributed by atoms with Gasteiger partial charge in [0.05, 0.1) is 11.7 Å². The molecule has 0 bridgehead atoms. The van der Waals surface area contributed by atoms with Gasteiger partial charge in [0.25, 0.3) is 0 Å². The first-order valence-corrected chi connectivity index (χ1v) is 7.55. The van der Waals surface area contributed by atoms with E-state index in [-0.39, 0.29) is 11.8 Å². The summed E-state index contributed by atoms with van der Waals surface area (Å²) >= 11 is 0. The lowest BCUT2D eigenvalue weighted by Gasteiger charge is -2.16. The predicted molar refractivity (Wildman–Crippen MR) is 68.0 cm³/mol. The van der Waals surface area contributed by atoms with Crippen molar-refractivity contribution >= 4 is 9.84 Å². The van der Waals surface area contributed by atoms with E-state index in [4.69, 9.17) is 5.84 Å². The molecule has 0 aliphatic carbocycles. The van der Waals surface area contributed by atoms with Crippen molar-refractivity contribution in [2.24, 2.45) is 5.84 Å². The number of hydrogen-bond donors (Lipinski definition) is 2. The van der Waals surface area contributed by atoms with Crippen LogP contribution in [0, 0.1) is 6.92 Å². The summed E-state index contributed by atoms with van der Waals surface area (Å²) in [6.07, 6.45) is 4.18. The van der Waals surface area contributed by atoms with E-state index in [1.54, 1.807) is 6.20 Å². The molecule has 0 spiro atoms. The Balaban J connectivity index is 2.64. The van der Waals surface area contributed by atoms with E-state index >= 15 is 0 Å². The van der Waals surface area contributed by atoms with Crippen molar-refractivity contribution in [3.63, 3.8) is 0 Å². The number of rotatable bonds is 6. The lowest BCUT2D eigenvalue weighted by Crippen LogP contribution is -2.29. The zero-order valence-corrected chi connectivity index (χ0v) is 11.0. The van der Waals surface area contributed by atoms with E-state index in [1.807, 2.05) is 19.1 Å². The van der Waals surface area contributed by atoms with Crippen LogP contribution in [-0.4, -0.2) is 25.4 Å². The summed E-state index contributed by atoms with van der Waals surface area (Å²) in [6, 6.07) is 3.73. The Kier molecular flexibility index (Phi) is 5.04. The fraction of sp³-hybridized carbons (Fsp3) is 0.545. The predicted octanol–water partition coefficient (Wildman–Crippen LogP) is 0.719. The fourth-order valence-corrected chi connectivity index (χ4v) is 2.40. The van der Waals surface area contributed by atoms with Gasteiger partial charge in [-0.05, 0) is 31.4 Å². The summed E-state index contributed by atoms with van der Waals surface area (Å²) in [5.41, 5.74) is 4.62. The Bertz CT molecular complexity index is 460. The minimum atomic E-state index is -2.91. The van der Waals surface area contributed by atoms with Crippen molar-refractivity contribution in [2.75, 3.05) is 12.0 Å². The summed E-state index contributed by atoms with van der Waals surface area (Å²) in [7, 11) is -2.91. The molecule has 1 heterocycles. The van der Waals surface area contributed by atoms with E-state index in [2.05, 4.69) is 10.4 Å². The van der Waals surface area contributed by atoms with E-state index < -0.39 is 9.84 Å². The molecule has 3 N–H and O–H groups in total. The lowest BCUT2D eigenvalue weighted by atomic mass is 10.0. The number of hydrogen-bond acceptors (Lipinski definition) is 5. The van der Waals surface area contributed by atoms with Gasteiger partial charge in [-0.2, -0.15) is 0 Å². The Morgan fingerprint density at radius 1 is 1.53 bits per heavy atom. The summed E-state index contributed by atoms with van der Waals surface area (Å²) in [4.78, 5) is 4.27. The van der Waals surface area contributed by atoms with E-state index in [0.717, 1.165) is 11.3 Å². The highest BCUT2D eigenvalue weighted by Crippen LogP contribution is 2.18. The van der Waals surface area contributed by atoms with E-state index in [1.165, 1.54) is 6.26 Å². The third-order valence-electron chi connectivity index (χ3n) is 2.59. The number of sulfone groups is 1. The van der Waals surface area contributed by atoms with Crippen LogP contribution < -0.4 is 11.3 Å². The molecule has 0 saturated heterocycles. The van der Waals surface area contributed by atoms with Gasteiger partial charge >= 0.3 is 0 Å². The van der Waals surface area contributed by atoms with E-state index in [9.17, 15) is 8.42 Å². The van der Waals surface area contributed by atoms with Crippen molar-refractivity contribution in [1.82, 2.24) is 10.4 Å². The number of hydrazine groups is 1. The number of nitrogens with zero attached hydrogens (tertiary/aromatic N) is 1. The van der Waals surface area contributed by atoms with Crippen molar-refractivity contribution in [3.8, 4) is 0 Å². The molecule has 0 aliphatic rings. The second-order valence-electron chi connectivity index (χ2n) is 4.20. The maximum atomic E-state index is 11.0. The minimum Gasteiger partial charge on any atom is -0.271 e. The molecule has 0 amide bonds. The second kappa shape index (κ2) is 6.09. The Morgan fingerprint density at radius 3 is 2.76 bits per heavy atom. The molecule has 96 valence electrons. The molecular formula is C11H19N3O2S. The second-order valence-corrected chi connectivity index (χ2v) is 6.46. The van der Waals surface area contributed by atoms with Crippen LogP contribution in [0.1, 0.15) is 30.1 Å². The first kappa shape index (κ1) is 14.1. The third-order valence-corrected chi connectivity index (χ3v) is 3.62. The molecule has 0 saturated carbocycles. The average molecular weight is 257 g/mol. The standard InChI is InChI=1S/C11H19N3O2S/c1-9-5-3-7-13-11(9)10(14-12)6-4-8-17(2,15)16/h3,5,7,10,14H,4,6,8,12H2,1-2H3. The van der Waals surface area contributed by atoms with Gasteiger partial charge in [-0.25, -0.2) is 8.42 Å². The molecular weight excluding hydrogens is 238 g/mol. The van der Waals surface area contributed by atoms with Crippen LogP contribution in [-0.2, 0) is 9.84 Å². The topological polar surface area (TPSA) is 85.1 Å². The molecule has 1 atom stereocenters. The highest BCUT2D eigenvalue weighted by atomic mass is 32.2. The molecule has 1 rings (SSSR count). The number of pyridine rings is 1. The maximum Gasteiger partial charge on any atom is 0.147 e. The summed E-state index contributed by atoms with van der Waals surface area (Å²) in [5.74, 6) is 5.66. The van der Waals surface area contributed by atoms with Crippen LogP contribution in [0.2, 0.25) is 0 Å². The SMILES string of the molecule is Cc1cccnc1C(CCCS(C)(=O)=O)NN. The van der Waals surface area contributed by atoms with Gasteiger partial charge in [0.1, 0.15) is 9.84 Å². The Hall–Kier alpha value is -0.980. The van der Waals surface area contributed by atoms with Crippen LogP contribution >= 0.6 is 0 Å². The van der Waals surface area contributed by atoms with Gasteiger partial charge in [-0.3, -0.25) is 16.3 Å². The Labute approximate surface area is 102 Å². The van der Waals surface area contributed by atoms with Gasteiger partial charge in [0, 0.05) is 18.2 Å². The van der Waals surface area contributed by atoms with Crippen LogP contribution in [0.3, 0.4) is 0 Å². The molecule has 1 unspecified atom stereocenters. The van der Waals surface area contributed by atoms with Gasteiger partial charge < -0.3 is 0 Å². The smallest absolute Gasteiger partial charge is 0.147 e. The fourth-order valence-electron chi connectivity index (χ4n) is 1.71. The largest absolute Gasteiger partial charge is 0.271 e. The maximum absolute atomic E-state index is 11.0. The number of aromatic nitrogens is 1. The quantitative estimate of drug-likeness (QED) is 0.579. The van der Waals surface area contributed by atoms with Crippen LogP contribution in [0.15, 0.2) is 18.3 Å².